The van der Waals surface area contributed by atoms with Gasteiger partial charge in [-0.25, -0.2) is 0 Å². The van der Waals surface area contributed by atoms with Crippen LogP contribution < -0.4 is 14.8 Å². The highest BCUT2D eigenvalue weighted by Crippen LogP contribution is 2.27. The lowest BCUT2D eigenvalue weighted by Crippen LogP contribution is -2.05. The van der Waals surface area contributed by atoms with E-state index in [0.717, 1.165) is 12.2 Å². The van der Waals surface area contributed by atoms with Gasteiger partial charge in [0.1, 0.15) is 29.9 Å². The maximum atomic E-state index is 9.38. The molecule has 0 bridgehead atoms. The van der Waals surface area contributed by atoms with Gasteiger partial charge >= 0.3 is 0 Å². The molecule has 0 aliphatic rings. The largest absolute Gasteiger partial charge is 0.497 e. The van der Waals surface area contributed by atoms with Gasteiger partial charge in [0.05, 0.1) is 7.11 Å². The third-order valence-electron chi connectivity index (χ3n) is 4.59. The molecule has 7 nitrogen and oxygen atoms in total. The molecule has 156 valence electrons. The Morgan fingerprint density at radius 1 is 0.968 bits per heavy atom. The summed E-state index contributed by atoms with van der Waals surface area (Å²) in [6.07, 6.45) is 0.801. The van der Waals surface area contributed by atoms with Crippen LogP contribution in [0.5, 0.6) is 11.5 Å². The van der Waals surface area contributed by atoms with E-state index >= 15 is 0 Å². The van der Waals surface area contributed by atoms with Crippen molar-refractivity contribution in [2.45, 2.75) is 13.0 Å². The van der Waals surface area contributed by atoms with Gasteiger partial charge in [0.25, 0.3) is 5.89 Å². The van der Waals surface area contributed by atoms with E-state index in [4.69, 9.17) is 18.3 Å². The number of hydrogen-bond acceptors (Lipinski definition) is 7. The van der Waals surface area contributed by atoms with Crippen LogP contribution in [0.15, 0.2) is 75.6 Å². The molecule has 7 heteroatoms. The number of nitrogens with zero attached hydrogens (tertiary/aromatic N) is 2. The number of aromatic nitrogens is 1. The Hall–Kier alpha value is -4.18. The van der Waals surface area contributed by atoms with Crippen molar-refractivity contribution in [3.8, 4) is 29.2 Å². The molecule has 31 heavy (non-hydrogen) atoms. The van der Waals surface area contributed by atoms with Gasteiger partial charge in [0, 0.05) is 6.54 Å². The van der Waals surface area contributed by atoms with Crippen LogP contribution in [0.4, 0.5) is 5.88 Å². The Kier molecular flexibility index (Phi) is 6.19. The number of oxazole rings is 1. The number of ether oxygens (including phenoxy) is 2. The topological polar surface area (TPSA) is 93.5 Å². The highest BCUT2D eigenvalue weighted by molar-refractivity contribution is 5.54. The summed E-state index contributed by atoms with van der Waals surface area (Å²) in [6.45, 7) is 0.868. The number of anilines is 1. The van der Waals surface area contributed by atoms with Gasteiger partial charge in [0.2, 0.25) is 11.6 Å². The zero-order chi connectivity index (χ0) is 21.5. The van der Waals surface area contributed by atoms with Crippen molar-refractivity contribution < 1.29 is 18.3 Å². The lowest BCUT2D eigenvalue weighted by atomic mass is 10.1. The zero-order valence-electron chi connectivity index (χ0n) is 17.0. The lowest BCUT2D eigenvalue weighted by molar-refractivity contribution is 0.270. The SMILES string of the molecule is COc1ccc(OCc2ccc(-c3nc(C#N)c(NCCc4ccccc4)o3)o2)cc1. The van der Waals surface area contributed by atoms with E-state index in [2.05, 4.69) is 28.5 Å². The molecule has 4 aromatic rings. The Bertz CT molecular complexity index is 1160. The summed E-state index contributed by atoms with van der Waals surface area (Å²) in [5, 5.41) is 12.5. The van der Waals surface area contributed by atoms with E-state index in [1.54, 1.807) is 19.2 Å². The molecule has 0 unspecified atom stereocenters. The molecule has 2 heterocycles. The maximum Gasteiger partial charge on any atom is 0.266 e. The van der Waals surface area contributed by atoms with Crippen LogP contribution in [0.1, 0.15) is 17.0 Å². The molecule has 4 rings (SSSR count). The van der Waals surface area contributed by atoms with Crippen molar-refractivity contribution in [3.63, 3.8) is 0 Å². The average molecular weight is 415 g/mol. The highest BCUT2D eigenvalue weighted by atomic mass is 16.5. The monoisotopic (exact) mass is 415 g/mol. The average Bonchev–Trinajstić information content (AvgIpc) is 3.46. The van der Waals surface area contributed by atoms with Crippen molar-refractivity contribution in [2.75, 3.05) is 19.0 Å². The second-order valence-electron chi connectivity index (χ2n) is 6.70. The first-order valence-electron chi connectivity index (χ1n) is 9.80. The van der Waals surface area contributed by atoms with E-state index < -0.39 is 0 Å². The van der Waals surface area contributed by atoms with Gasteiger partial charge < -0.3 is 23.6 Å². The fourth-order valence-corrected chi connectivity index (χ4v) is 2.98. The first-order valence-corrected chi connectivity index (χ1v) is 9.80. The molecule has 0 saturated heterocycles. The number of benzene rings is 2. The smallest absolute Gasteiger partial charge is 0.266 e. The molecule has 2 aromatic heterocycles. The van der Waals surface area contributed by atoms with Crippen LogP contribution in [0.2, 0.25) is 0 Å². The molecule has 0 spiro atoms. The summed E-state index contributed by atoms with van der Waals surface area (Å²) in [7, 11) is 1.62. The van der Waals surface area contributed by atoms with Gasteiger partial charge in [-0.1, -0.05) is 30.3 Å². The predicted octanol–water partition coefficient (Wildman–Crippen LogP) is 5.05. The molecule has 0 saturated carbocycles. The van der Waals surface area contributed by atoms with Crippen molar-refractivity contribution >= 4 is 5.88 Å². The summed E-state index contributed by atoms with van der Waals surface area (Å²) >= 11 is 0. The van der Waals surface area contributed by atoms with Crippen LogP contribution in [0.25, 0.3) is 11.7 Å². The third-order valence-corrected chi connectivity index (χ3v) is 4.59. The van der Waals surface area contributed by atoms with E-state index in [-0.39, 0.29) is 18.2 Å². The molecule has 0 amide bonds. The molecular weight excluding hydrogens is 394 g/mol. The highest BCUT2D eigenvalue weighted by Gasteiger charge is 2.17. The quantitative estimate of drug-likeness (QED) is 0.409. The third kappa shape index (κ3) is 5.06. The molecule has 0 radical (unpaired) electrons. The lowest BCUT2D eigenvalue weighted by Gasteiger charge is -2.05. The molecular formula is C24H21N3O4. The van der Waals surface area contributed by atoms with Crippen molar-refractivity contribution in [1.82, 2.24) is 4.98 Å². The predicted molar refractivity (Wildman–Crippen MR) is 115 cm³/mol. The van der Waals surface area contributed by atoms with Gasteiger partial charge in [-0.15, -0.1) is 0 Å². The first kappa shape index (κ1) is 20.1. The summed E-state index contributed by atoms with van der Waals surface area (Å²) in [5.41, 5.74) is 1.39. The minimum Gasteiger partial charge on any atom is -0.497 e. The summed E-state index contributed by atoms with van der Waals surface area (Å²) in [4.78, 5) is 4.24. The second-order valence-corrected chi connectivity index (χ2v) is 6.70. The number of furan rings is 1. The first-order chi connectivity index (χ1) is 15.2. The van der Waals surface area contributed by atoms with Crippen LogP contribution in [0, 0.1) is 11.3 Å². The number of hydrogen-bond donors (Lipinski definition) is 1. The Morgan fingerprint density at radius 3 is 2.48 bits per heavy atom. The fourth-order valence-electron chi connectivity index (χ4n) is 2.98. The molecule has 2 aromatic carbocycles. The summed E-state index contributed by atoms with van der Waals surface area (Å²) in [5.74, 6) is 3.09. The van der Waals surface area contributed by atoms with E-state index in [9.17, 15) is 5.26 Å². The minimum absolute atomic E-state index is 0.190. The second kappa shape index (κ2) is 9.55. The molecule has 0 fully saturated rings. The number of nitrogens with one attached hydrogen (secondary N) is 1. The van der Waals surface area contributed by atoms with Crippen LogP contribution >= 0.6 is 0 Å². The minimum atomic E-state index is 0.190. The Labute approximate surface area is 179 Å². The zero-order valence-corrected chi connectivity index (χ0v) is 17.0. The number of rotatable bonds is 9. The van der Waals surface area contributed by atoms with Crippen LogP contribution in [-0.4, -0.2) is 18.6 Å². The standard InChI is InChI=1S/C24H21N3O4/c1-28-18-7-9-19(10-8-18)29-16-20-11-12-22(30-20)24-27-21(15-25)23(31-24)26-14-13-17-5-3-2-4-6-17/h2-12,26H,13-14,16H2,1H3. The molecule has 0 atom stereocenters. The van der Waals surface area contributed by atoms with E-state index in [1.165, 1.54) is 5.56 Å². The number of nitriles is 1. The van der Waals surface area contributed by atoms with Crippen LogP contribution in [0.3, 0.4) is 0 Å². The van der Waals surface area contributed by atoms with Crippen LogP contribution in [-0.2, 0) is 13.0 Å². The normalized spacial score (nSPS) is 10.5. The van der Waals surface area contributed by atoms with E-state index in [0.29, 0.717) is 29.7 Å². The maximum absolute atomic E-state index is 9.38. The van der Waals surface area contributed by atoms with Gasteiger partial charge in [0.15, 0.2) is 5.76 Å². The molecule has 0 aliphatic heterocycles. The summed E-state index contributed by atoms with van der Waals surface area (Å²) < 4.78 is 22.4. The van der Waals surface area contributed by atoms with Gasteiger partial charge in [-0.05, 0) is 48.4 Å². The van der Waals surface area contributed by atoms with Crippen molar-refractivity contribution in [3.05, 3.63) is 83.7 Å². The molecule has 1 N–H and O–H groups in total. The Morgan fingerprint density at radius 2 is 1.74 bits per heavy atom. The van der Waals surface area contributed by atoms with Gasteiger partial charge in [-0.2, -0.15) is 10.2 Å². The Balaban J connectivity index is 1.38. The molecule has 0 aliphatic carbocycles. The fraction of sp³-hybridized carbons (Fsp3) is 0.167. The summed E-state index contributed by atoms with van der Waals surface area (Å²) in [6, 6.07) is 23.0. The van der Waals surface area contributed by atoms with E-state index in [1.807, 2.05) is 42.5 Å². The van der Waals surface area contributed by atoms with Crippen molar-refractivity contribution in [2.24, 2.45) is 0 Å². The number of methoxy groups -OCH3 is 1. The van der Waals surface area contributed by atoms with Crippen molar-refractivity contribution in [1.29, 1.82) is 5.26 Å². The van der Waals surface area contributed by atoms with Gasteiger partial charge in [-0.3, -0.25) is 0 Å².